The molecule has 0 saturated carbocycles. The lowest BCUT2D eigenvalue weighted by atomic mass is 9.97. The van der Waals surface area contributed by atoms with Gasteiger partial charge in [0.05, 0.1) is 18.2 Å². The molecule has 21 heavy (non-hydrogen) atoms. The van der Waals surface area contributed by atoms with Gasteiger partial charge in [0.1, 0.15) is 5.75 Å². The number of phenolic OH excluding ortho intramolecular Hbond substituents is 1. The van der Waals surface area contributed by atoms with Crippen LogP contribution in [0.4, 0.5) is 5.69 Å². The highest BCUT2D eigenvalue weighted by molar-refractivity contribution is 6.22. The van der Waals surface area contributed by atoms with E-state index in [1.165, 1.54) is 17.0 Å². The first-order valence-electron chi connectivity index (χ1n) is 7.46. The zero-order chi connectivity index (χ0) is 15.0. The maximum absolute atomic E-state index is 12.6. The van der Waals surface area contributed by atoms with Crippen LogP contribution in [0.15, 0.2) is 24.3 Å². The molecular weight excluding hydrogens is 268 g/mol. The van der Waals surface area contributed by atoms with Crippen LogP contribution in [0.1, 0.15) is 26.2 Å². The van der Waals surface area contributed by atoms with E-state index in [1.807, 2.05) is 0 Å². The highest BCUT2D eigenvalue weighted by Gasteiger charge is 2.43. The number of piperidine rings is 1. The van der Waals surface area contributed by atoms with Crippen LogP contribution in [-0.4, -0.2) is 41.0 Å². The molecule has 1 N–H and O–H groups in total. The first-order chi connectivity index (χ1) is 10.1. The van der Waals surface area contributed by atoms with Crippen molar-refractivity contribution in [2.45, 2.75) is 32.2 Å². The molecule has 1 atom stereocenters. The first-order valence-corrected chi connectivity index (χ1v) is 7.46. The van der Waals surface area contributed by atoms with Gasteiger partial charge in [0.25, 0.3) is 5.91 Å². The molecule has 2 aliphatic rings. The van der Waals surface area contributed by atoms with Gasteiger partial charge in [0.2, 0.25) is 5.91 Å². The molecule has 1 aromatic rings. The first kappa shape index (κ1) is 14.1. The average molecular weight is 288 g/mol. The molecule has 2 fully saturated rings. The van der Waals surface area contributed by atoms with Crippen molar-refractivity contribution in [2.75, 3.05) is 18.0 Å². The number of rotatable bonds is 2. The van der Waals surface area contributed by atoms with E-state index in [9.17, 15) is 14.7 Å². The molecule has 1 aromatic carbocycles. The minimum absolute atomic E-state index is 0.0587. The standard InChI is InChI=1S/C16H20N2O3/c1-11-5-7-17(8-6-11)14-10-15(20)18(16(14)21)12-3-2-4-13(19)9-12/h2-4,9,11,14,19H,5-8,10H2,1H3. The van der Waals surface area contributed by atoms with Crippen molar-refractivity contribution in [3.05, 3.63) is 24.3 Å². The fourth-order valence-electron chi connectivity index (χ4n) is 3.14. The average Bonchev–Trinajstić information content (AvgIpc) is 2.75. The lowest BCUT2D eigenvalue weighted by molar-refractivity contribution is -0.123. The van der Waals surface area contributed by atoms with Crippen molar-refractivity contribution in [2.24, 2.45) is 5.92 Å². The molecule has 0 bridgehead atoms. The fourth-order valence-corrected chi connectivity index (χ4v) is 3.14. The van der Waals surface area contributed by atoms with Gasteiger partial charge in [-0.15, -0.1) is 0 Å². The van der Waals surface area contributed by atoms with E-state index in [2.05, 4.69) is 11.8 Å². The minimum Gasteiger partial charge on any atom is -0.508 e. The number of likely N-dealkylation sites (tertiary alicyclic amines) is 1. The number of carbonyl (C=O) groups excluding carboxylic acids is 2. The number of phenols is 1. The minimum atomic E-state index is -0.340. The van der Waals surface area contributed by atoms with Crippen LogP contribution in [0.3, 0.4) is 0 Å². The monoisotopic (exact) mass is 288 g/mol. The van der Waals surface area contributed by atoms with E-state index >= 15 is 0 Å². The van der Waals surface area contributed by atoms with Crippen LogP contribution in [0, 0.1) is 5.92 Å². The van der Waals surface area contributed by atoms with Crippen LogP contribution in [0.2, 0.25) is 0 Å². The summed E-state index contributed by atoms with van der Waals surface area (Å²) in [5.74, 6) is 0.397. The zero-order valence-corrected chi connectivity index (χ0v) is 12.2. The van der Waals surface area contributed by atoms with Crippen molar-refractivity contribution < 1.29 is 14.7 Å². The summed E-state index contributed by atoms with van der Waals surface area (Å²) in [5, 5.41) is 9.53. The summed E-state index contributed by atoms with van der Waals surface area (Å²) in [6, 6.07) is 5.96. The summed E-state index contributed by atoms with van der Waals surface area (Å²) < 4.78 is 0. The molecule has 5 nitrogen and oxygen atoms in total. The Morgan fingerprint density at radius 3 is 2.57 bits per heavy atom. The number of carbonyl (C=O) groups is 2. The number of amides is 2. The van der Waals surface area contributed by atoms with E-state index in [0.29, 0.717) is 11.6 Å². The zero-order valence-electron chi connectivity index (χ0n) is 12.2. The number of hydrogen-bond donors (Lipinski definition) is 1. The summed E-state index contributed by atoms with van der Waals surface area (Å²) >= 11 is 0. The Hall–Kier alpha value is -1.88. The Morgan fingerprint density at radius 2 is 1.90 bits per heavy atom. The van der Waals surface area contributed by atoms with Crippen molar-refractivity contribution in [1.82, 2.24) is 4.90 Å². The van der Waals surface area contributed by atoms with E-state index in [1.54, 1.807) is 12.1 Å². The molecule has 0 radical (unpaired) electrons. The smallest absolute Gasteiger partial charge is 0.251 e. The van der Waals surface area contributed by atoms with Crippen molar-refractivity contribution >= 4 is 17.5 Å². The second-order valence-electron chi connectivity index (χ2n) is 6.03. The normalized spacial score (nSPS) is 24.8. The van der Waals surface area contributed by atoms with Gasteiger partial charge in [0.15, 0.2) is 0 Å². The number of aromatic hydroxyl groups is 1. The van der Waals surface area contributed by atoms with Crippen LogP contribution in [-0.2, 0) is 9.59 Å². The SMILES string of the molecule is CC1CCN(C2CC(=O)N(c3cccc(O)c3)C2=O)CC1. The fraction of sp³-hybridized carbons (Fsp3) is 0.500. The number of nitrogens with zero attached hydrogens (tertiary/aromatic N) is 2. The van der Waals surface area contributed by atoms with Crippen LogP contribution >= 0.6 is 0 Å². The molecule has 2 aliphatic heterocycles. The second-order valence-corrected chi connectivity index (χ2v) is 6.03. The van der Waals surface area contributed by atoms with Gasteiger partial charge in [-0.25, -0.2) is 4.90 Å². The lowest BCUT2D eigenvalue weighted by Crippen LogP contribution is -2.45. The Kier molecular flexibility index (Phi) is 3.68. The summed E-state index contributed by atoms with van der Waals surface area (Å²) in [4.78, 5) is 28.1. The second kappa shape index (κ2) is 5.48. The van der Waals surface area contributed by atoms with Gasteiger partial charge in [-0.3, -0.25) is 14.5 Å². The largest absolute Gasteiger partial charge is 0.508 e. The maximum atomic E-state index is 12.6. The van der Waals surface area contributed by atoms with Gasteiger partial charge in [-0.1, -0.05) is 13.0 Å². The van der Waals surface area contributed by atoms with E-state index in [0.717, 1.165) is 25.9 Å². The van der Waals surface area contributed by atoms with E-state index in [4.69, 9.17) is 0 Å². The predicted molar refractivity (Wildman–Crippen MR) is 79.0 cm³/mol. The summed E-state index contributed by atoms with van der Waals surface area (Å²) in [5.41, 5.74) is 0.456. The van der Waals surface area contributed by atoms with Gasteiger partial charge < -0.3 is 5.11 Å². The number of imide groups is 1. The molecule has 5 heteroatoms. The number of anilines is 1. The van der Waals surface area contributed by atoms with E-state index < -0.39 is 0 Å². The quantitative estimate of drug-likeness (QED) is 0.842. The molecule has 0 aliphatic carbocycles. The summed E-state index contributed by atoms with van der Waals surface area (Å²) in [7, 11) is 0. The Bertz CT molecular complexity index is 564. The van der Waals surface area contributed by atoms with Crippen LogP contribution < -0.4 is 4.90 Å². The predicted octanol–water partition coefficient (Wildman–Crippen LogP) is 1.76. The van der Waals surface area contributed by atoms with Gasteiger partial charge >= 0.3 is 0 Å². The third-order valence-electron chi connectivity index (χ3n) is 4.47. The summed E-state index contributed by atoms with van der Waals surface area (Å²) in [6.45, 7) is 3.97. The Balaban J connectivity index is 1.79. The van der Waals surface area contributed by atoms with Gasteiger partial charge in [-0.05, 0) is 44.0 Å². The molecule has 0 aromatic heterocycles. The molecule has 1 unspecified atom stereocenters. The Labute approximate surface area is 124 Å². The number of benzene rings is 1. The maximum Gasteiger partial charge on any atom is 0.251 e. The number of hydrogen-bond acceptors (Lipinski definition) is 4. The molecule has 2 amide bonds. The highest BCUT2D eigenvalue weighted by Crippen LogP contribution is 2.29. The topological polar surface area (TPSA) is 60.9 Å². The van der Waals surface area contributed by atoms with Crippen molar-refractivity contribution in [3.8, 4) is 5.75 Å². The van der Waals surface area contributed by atoms with Crippen LogP contribution in [0.5, 0.6) is 5.75 Å². The third-order valence-corrected chi connectivity index (χ3v) is 4.47. The third kappa shape index (κ3) is 2.65. The van der Waals surface area contributed by atoms with Gasteiger partial charge in [-0.2, -0.15) is 0 Å². The molecule has 3 rings (SSSR count). The molecule has 112 valence electrons. The Morgan fingerprint density at radius 1 is 1.19 bits per heavy atom. The van der Waals surface area contributed by atoms with Crippen molar-refractivity contribution in [1.29, 1.82) is 0 Å². The summed E-state index contributed by atoms with van der Waals surface area (Å²) in [6.07, 6.45) is 2.39. The molecule has 0 spiro atoms. The van der Waals surface area contributed by atoms with Crippen molar-refractivity contribution in [3.63, 3.8) is 0 Å². The van der Waals surface area contributed by atoms with Crippen LogP contribution in [0.25, 0.3) is 0 Å². The molecule has 2 heterocycles. The highest BCUT2D eigenvalue weighted by atomic mass is 16.3. The molecular formula is C16H20N2O3. The van der Waals surface area contributed by atoms with E-state index in [-0.39, 0.29) is 30.0 Å². The molecule has 2 saturated heterocycles. The lowest BCUT2D eigenvalue weighted by Gasteiger charge is -2.33. The van der Waals surface area contributed by atoms with Gasteiger partial charge in [0, 0.05) is 6.07 Å².